The molecule has 0 fully saturated rings. The molecule has 0 unspecified atom stereocenters. The molecule has 10 heteroatoms. The molecule has 4 rings (SSSR count). The number of furan rings is 1. The first-order valence-electron chi connectivity index (χ1n) is 9.26. The molecule has 152 valence electrons. The maximum absolute atomic E-state index is 11.6. The number of aromatic nitrogens is 5. The number of rotatable bonds is 8. The molecule has 3 aromatic heterocycles. The number of nitrogens with zero attached hydrogens (tertiary/aromatic N) is 4. The van der Waals surface area contributed by atoms with Gasteiger partial charge in [-0.15, -0.1) is 0 Å². The van der Waals surface area contributed by atoms with Gasteiger partial charge in [0.1, 0.15) is 12.0 Å². The molecular weight excluding hydrogens is 386 g/mol. The Bertz CT molecular complexity index is 1110. The third-order valence-electron chi connectivity index (χ3n) is 4.04. The van der Waals surface area contributed by atoms with Crippen LogP contribution in [0.4, 0.5) is 23.4 Å². The van der Waals surface area contributed by atoms with Crippen LogP contribution in [0.1, 0.15) is 12.5 Å². The average molecular weight is 405 g/mol. The van der Waals surface area contributed by atoms with Gasteiger partial charge in [-0.2, -0.15) is 10.1 Å². The largest absolute Gasteiger partial charge is 0.466 e. The minimum absolute atomic E-state index is 0.234. The van der Waals surface area contributed by atoms with Crippen molar-refractivity contribution in [2.24, 2.45) is 0 Å². The highest BCUT2D eigenvalue weighted by Gasteiger charge is 2.09. The van der Waals surface area contributed by atoms with Gasteiger partial charge in [-0.1, -0.05) is 12.1 Å². The fourth-order valence-electron chi connectivity index (χ4n) is 2.69. The lowest BCUT2D eigenvalue weighted by molar-refractivity contribution is -0.142. The van der Waals surface area contributed by atoms with E-state index in [2.05, 4.69) is 35.8 Å². The number of carbonyl (C=O) groups is 1. The molecule has 3 N–H and O–H groups in total. The van der Waals surface area contributed by atoms with E-state index < -0.39 is 0 Å². The van der Waals surface area contributed by atoms with Crippen molar-refractivity contribution in [1.82, 2.24) is 25.1 Å². The SMILES string of the molecule is CCOC(=O)Cc1ccc(Nc2ncnc(Nc3cc(-c4ccco4)[nH]n3)n2)cc1. The van der Waals surface area contributed by atoms with E-state index in [0.29, 0.717) is 30.1 Å². The van der Waals surface area contributed by atoms with Crippen LogP contribution >= 0.6 is 0 Å². The molecule has 0 saturated heterocycles. The number of carbonyl (C=O) groups excluding carboxylic acids is 1. The van der Waals surface area contributed by atoms with Crippen LogP contribution in [0.25, 0.3) is 11.5 Å². The van der Waals surface area contributed by atoms with Crippen LogP contribution in [0.5, 0.6) is 0 Å². The summed E-state index contributed by atoms with van der Waals surface area (Å²) < 4.78 is 10.3. The van der Waals surface area contributed by atoms with Crippen molar-refractivity contribution >= 4 is 29.4 Å². The summed E-state index contributed by atoms with van der Waals surface area (Å²) in [6, 6.07) is 12.8. The number of ether oxygens (including phenoxy) is 1. The van der Waals surface area contributed by atoms with Gasteiger partial charge in [-0.05, 0) is 36.8 Å². The normalized spacial score (nSPS) is 10.6. The molecule has 10 nitrogen and oxygen atoms in total. The molecule has 0 spiro atoms. The Labute approximate surface area is 171 Å². The third-order valence-corrected chi connectivity index (χ3v) is 4.04. The van der Waals surface area contributed by atoms with Gasteiger partial charge >= 0.3 is 5.97 Å². The number of hydrogen-bond acceptors (Lipinski definition) is 9. The molecule has 0 atom stereocenters. The summed E-state index contributed by atoms with van der Waals surface area (Å²) in [4.78, 5) is 24.1. The molecule has 0 amide bonds. The molecule has 1 aromatic carbocycles. The van der Waals surface area contributed by atoms with Crippen molar-refractivity contribution in [3.63, 3.8) is 0 Å². The second kappa shape index (κ2) is 8.86. The summed E-state index contributed by atoms with van der Waals surface area (Å²) in [5, 5.41) is 13.2. The Morgan fingerprint density at radius 3 is 2.67 bits per heavy atom. The van der Waals surface area contributed by atoms with E-state index in [1.165, 1.54) is 6.33 Å². The Hall–Kier alpha value is -4.21. The van der Waals surface area contributed by atoms with Crippen LogP contribution in [-0.4, -0.2) is 37.7 Å². The molecule has 30 heavy (non-hydrogen) atoms. The summed E-state index contributed by atoms with van der Waals surface area (Å²) >= 11 is 0. The van der Waals surface area contributed by atoms with E-state index >= 15 is 0 Å². The van der Waals surface area contributed by atoms with Crippen molar-refractivity contribution in [1.29, 1.82) is 0 Å². The Morgan fingerprint density at radius 2 is 1.93 bits per heavy atom. The molecule has 0 saturated carbocycles. The summed E-state index contributed by atoms with van der Waals surface area (Å²) in [5.74, 6) is 1.68. The predicted molar refractivity (Wildman–Crippen MR) is 109 cm³/mol. The number of nitrogens with one attached hydrogen (secondary N) is 3. The highest BCUT2D eigenvalue weighted by atomic mass is 16.5. The monoisotopic (exact) mass is 405 g/mol. The Balaban J connectivity index is 1.39. The second-order valence-corrected chi connectivity index (χ2v) is 6.21. The fraction of sp³-hybridized carbons (Fsp3) is 0.150. The van der Waals surface area contributed by atoms with E-state index in [1.807, 2.05) is 30.3 Å². The van der Waals surface area contributed by atoms with Gasteiger partial charge in [-0.25, -0.2) is 9.97 Å². The first kappa shape index (κ1) is 19.1. The lowest BCUT2D eigenvalue weighted by Gasteiger charge is -2.07. The molecular formula is C20H19N7O3. The van der Waals surface area contributed by atoms with Crippen LogP contribution in [0, 0.1) is 0 Å². The molecule has 4 aromatic rings. The van der Waals surface area contributed by atoms with E-state index in [-0.39, 0.29) is 12.4 Å². The van der Waals surface area contributed by atoms with Gasteiger partial charge in [-0.3, -0.25) is 9.89 Å². The lowest BCUT2D eigenvalue weighted by Crippen LogP contribution is -2.07. The molecule has 0 aliphatic rings. The van der Waals surface area contributed by atoms with Crippen LogP contribution in [0.3, 0.4) is 0 Å². The Morgan fingerprint density at radius 1 is 1.13 bits per heavy atom. The van der Waals surface area contributed by atoms with Gasteiger partial charge in [0, 0.05) is 11.8 Å². The average Bonchev–Trinajstić information content (AvgIpc) is 3.42. The van der Waals surface area contributed by atoms with Crippen molar-refractivity contribution in [2.45, 2.75) is 13.3 Å². The molecule has 0 radical (unpaired) electrons. The van der Waals surface area contributed by atoms with Crippen molar-refractivity contribution in [2.75, 3.05) is 17.2 Å². The van der Waals surface area contributed by atoms with Gasteiger partial charge in [0.2, 0.25) is 11.9 Å². The van der Waals surface area contributed by atoms with Crippen LogP contribution < -0.4 is 10.6 Å². The highest BCUT2D eigenvalue weighted by molar-refractivity contribution is 5.73. The van der Waals surface area contributed by atoms with Crippen LogP contribution in [0.2, 0.25) is 0 Å². The number of hydrogen-bond donors (Lipinski definition) is 3. The summed E-state index contributed by atoms with van der Waals surface area (Å²) in [6.07, 6.45) is 3.22. The number of anilines is 4. The summed E-state index contributed by atoms with van der Waals surface area (Å²) in [6.45, 7) is 2.16. The third kappa shape index (κ3) is 4.79. The van der Waals surface area contributed by atoms with Crippen molar-refractivity contribution in [3.8, 4) is 11.5 Å². The molecule has 0 bridgehead atoms. The number of H-pyrrole nitrogens is 1. The van der Waals surface area contributed by atoms with Gasteiger partial charge in [0.15, 0.2) is 11.6 Å². The molecule has 0 aliphatic heterocycles. The zero-order valence-corrected chi connectivity index (χ0v) is 16.1. The van der Waals surface area contributed by atoms with E-state index in [9.17, 15) is 4.79 Å². The lowest BCUT2D eigenvalue weighted by atomic mass is 10.1. The maximum Gasteiger partial charge on any atom is 0.310 e. The van der Waals surface area contributed by atoms with Crippen LogP contribution in [-0.2, 0) is 16.0 Å². The zero-order chi connectivity index (χ0) is 20.8. The van der Waals surface area contributed by atoms with E-state index in [4.69, 9.17) is 9.15 Å². The zero-order valence-electron chi connectivity index (χ0n) is 16.1. The second-order valence-electron chi connectivity index (χ2n) is 6.21. The highest BCUT2D eigenvalue weighted by Crippen LogP contribution is 2.21. The maximum atomic E-state index is 11.6. The van der Waals surface area contributed by atoms with Gasteiger partial charge < -0.3 is 19.8 Å². The standard InChI is InChI=1S/C20H19N7O3/c1-2-29-18(28)10-13-5-7-14(8-6-13)23-19-21-12-22-20(25-19)24-17-11-15(26-27-17)16-4-3-9-30-16/h3-9,11-12H,2,10H2,1H3,(H3,21,22,23,24,25,26,27). The van der Waals surface area contributed by atoms with Gasteiger partial charge in [0.25, 0.3) is 0 Å². The predicted octanol–water partition coefficient (Wildman–Crippen LogP) is 3.45. The molecule has 3 heterocycles. The smallest absolute Gasteiger partial charge is 0.310 e. The fourth-order valence-corrected chi connectivity index (χ4v) is 2.69. The van der Waals surface area contributed by atoms with Crippen molar-refractivity contribution < 1.29 is 13.9 Å². The minimum Gasteiger partial charge on any atom is -0.466 e. The first-order chi connectivity index (χ1) is 14.7. The van der Waals surface area contributed by atoms with Crippen molar-refractivity contribution in [3.05, 3.63) is 60.6 Å². The molecule has 0 aliphatic carbocycles. The number of benzene rings is 1. The van der Waals surface area contributed by atoms with Crippen LogP contribution in [0.15, 0.2) is 59.5 Å². The Kier molecular flexibility index (Phi) is 5.65. The minimum atomic E-state index is -0.250. The van der Waals surface area contributed by atoms with Gasteiger partial charge in [0.05, 0.1) is 19.3 Å². The van der Waals surface area contributed by atoms with E-state index in [1.54, 1.807) is 25.3 Å². The number of aromatic amines is 1. The topological polar surface area (TPSA) is 131 Å². The summed E-state index contributed by atoms with van der Waals surface area (Å²) in [5.41, 5.74) is 2.38. The quantitative estimate of drug-likeness (QED) is 0.377. The summed E-state index contributed by atoms with van der Waals surface area (Å²) in [7, 11) is 0. The number of esters is 1. The first-order valence-corrected chi connectivity index (χ1v) is 9.26. The van der Waals surface area contributed by atoms with E-state index in [0.717, 1.165) is 16.9 Å².